The quantitative estimate of drug-likeness (QED) is 0.815. The molecule has 18 heavy (non-hydrogen) atoms. The summed E-state index contributed by atoms with van der Waals surface area (Å²) in [6, 6.07) is 12.7. The molecule has 1 aromatic carbocycles. The molecule has 1 atom stereocenters. The molecule has 0 unspecified atom stereocenters. The molecule has 0 bridgehead atoms. The van der Waals surface area contributed by atoms with Gasteiger partial charge < -0.3 is 10.2 Å². The Hall–Kier alpha value is -1.94. The number of aromatic nitrogens is 2. The zero-order valence-electron chi connectivity index (χ0n) is 10.8. The van der Waals surface area contributed by atoms with E-state index in [1.807, 2.05) is 12.1 Å². The Morgan fingerprint density at radius 2 is 1.72 bits per heavy atom. The van der Waals surface area contributed by atoms with Gasteiger partial charge in [-0.3, -0.25) is 0 Å². The van der Waals surface area contributed by atoms with Gasteiger partial charge in [-0.15, -0.1) is 0 Å². The Bertz CT molecular complexity index is 456. The fraction of sp³-hybridized carbons (Fsp3) is 0.286. The minimum absolute atomic E-state index is 0.384. The molecule has 2 N–H and O–H groups in total. The lowest BCUT2D eigenvalue weighted by Crippen LogP contribution is -3.06. The number of quaternary nitrogens is 1. The standard InChI is InChI=1S/C14H18N4/c1-18(2)13(12-7-4-3-5-8-12)11-17-14-15-9-6-10-16-14/h3-10,13H,11H2,1-2H3,(H,15,16,17)/p+1/t13-/m1/s1. The molecule has 1 aromatic heterocycles. The van der Waals surface area contributed by atoms with Crippen molar-refractivity contribution in [2.24, 2.45) is 0 Å². The molecule has 4 nitrogen and oxygen atoms in total. The summed E-state index contributed by atoms with van der Waals surface area (Å²) in [5.74, 6) is 0.680. The van der Waals surface area contributed by atoms with Crippen LogP contribution in [-0.4, -0.2) is 30.6 Å². The van der Waals surface area contributed by atoms with Crippen molar-refractivity contribution in [1.82, 2.24) is 9.97 Å². The average Bonchev–Trinajstić information content (AvgIpc) is 2.41. The predicted octanol–water partition coefficient (Wildman–Crippen LogP) is 0.774. The van der Waals surface area contributed by atoms with Gasteiger partial charge in [0.25, 0.3) is 0 Å². The van der Waals surface area contributed by atoms with Crippen LogP contribution in [0.3, 0.4) is 0 Å². The largest absolute Gasteiger partial charge is 0.348 e. The van der Waals surface area contributed by atoms with E-state index in [4.69, 9.17) is 0 Å². The van der Waals surface area contributed by atoms with Crippen molar-refractivity contribution < 1.29 is 4.90 Å². The maximum atomic E-state index is 4.17. The van der Waals surface area contributed by atoms with E-state index >= 15 is 0 Å². The van der Waals surface area contributed by atoms with Crippen LogP contribution in [0.4, 0.5) is 5.95 Å². The molecule has 0 fully saturated rings. The first-order chi connectivity index (χ1) is 8.77. The van der Waals surface area contributed by atoms with E-state index in [9.17, 15) is 0 Å². The molecule has 2 aromatic rings. The van der Waals surface area contributed by atoms with Crippen LogP contribution >= 0.6 is 0 Å². The lowest BCUT2D eigenvalue weighted by Gasteiger charge is -2.22. The number of likely N-dealkylation sites (N-methyl/N-ethyl adjacent to an activating group) is 1. The van der Waals surface area contributed by atoms with Crippen LogP contribution in [0.1, 0.15) is 11.6 Å². The molecule has 4 heteroatoms. The molecule has 2 rings (SSSR count). The van der Waals surface area contributed by atoms with Gasteiger partial charge in [0.05, 0.1) is 20.6 Å². The van der Waals surface area contributed by atoms with E-state index in [1.54, 1.807) is 12.4 Å². The van der Waals surface area contributed by atoms with Gasteiger partial charge in [-0.05, 0) is 6.07 Å². The highest BCUT2D eigenvalue weighted by Gasteiger charge is 2.17. The van der Waals surface area contributed by atoms with Gasteiger partial charge in [0.15, 0.2) is 0 Å². The van der Waals surface area contributed by atoms with Crippen molar-refractivity contribution in [3.63, 3.8) is 0 Å². The van der Waals surface area contributed by atoms with Gasteiger partial charge in [-0.2, -0.15) is 0 Å². The molecule has 0 saturated carbocycles. The van der Waals surface area contributed by atoms with Crippen molar-refractivity contribution in [2.45, 2.75) is 6.04 Å². The zero-order valence-corrected chi connectivity index (χ0v) is 10.8. The second kappa shape index (κ2) is 6.12. The maximum absolute atomic E-state index is 4.17. The number of hydrogen-bond donors (Lipinski definition) is 2. The topological polar surface area (TPSA) is 42.2 Å². The van der Waals surface area contributed by atoms with Crippen LogP contribution in [0.5, 0.6) is 0 Å². The third kappa shape index (κ3) is 3.28. The summed E-state index contributed by atoms with van der Waals surface area (Å²) >= 11 is 0. The Kier molecular flexibility index (Phi) is 4.25. The van der Waals surface area contributed by atoms with E-state index < -0.39 is 0 Å². The fourth-order valence-corrected chi connectivity index (χ4v) is 1.92. The summed E-state index contributed by atoms with van der Waals surface area (Å²) in [4.78, 5) is 9.72. The highest BCUT2D eigenvalue weighted by Crippen LogP contribution is 2.09. The van der Waals surface area contributed by atoms with Crippen molar-refractivity contribution >= 4 is 5.95 Å². The van der Waals surface area contributed by atoms with Crippen molar-refractivity contribution in [3.05, 3.63) is 54.4 Å². The fourth-order valence-electron chi connectivity index (χ4n) is 1.92. The van der Waals surface area contributed by atoms with Crippen LogP contribution in [0.2, 0.25) is 0 Å². The van der Waals surface area contributed by atoms with E-state index in [-0.39, 0.29) is 0 Å². The van der Waals surface area contributed by atoms with E-state index in [0.717, 1.165) is 6.54 Å². The first-order valence-corrected chi connectivity index (χ1v) is 6.13. The third-order valence-electron chi connectivity index (χ3n) is 2.93. The van der Waals surface area contributed by atoms with Gasteiger partial charge >= 0.3 is 0 Å². The molecular formula is C14H19N4+. The lowest BCUT2D eigenvalue weighted by atomic mass is 10.1. The van der Waals surface area contributed by atoms with Crippen LogP contribution in [-0.2, 0) is 0 Å². The van der Waals surface area contributed by atoms with Crippen molar-refractivity contribution in [3.8, 4) is 0 Å². The Balaban J connectivity index is 2.04. The number of rotatable bonds is 5. The minimum Gasteiger partial charge on any atom is -0.348 e. The summed E-state index contributed by atoms with van der Waals surface area (Å²) < 4.78 is 0. The van der Waals surface area contributed by atoms with Crippen LogP contribution < -0.4 is 10.2 Å². The average molecular weight is 243 g/mol. The maximum Gasteiger partial charge on any atom is 0.222 e. The van der Waals surface area contributed by atoms with Crippen LogP contribution in [0, 0.1) is 0 Å². The molecule has 0 aliphatic rings. The summed E-state index contributed by atoms with van der Waals surface area (Å²) in [5.41, 5.74) is 1.32. The summed E-state index contributed by atoms with van der Waals surface area (Å²) in [6.07, 6.45) is 3.49. The van der Waals surface area contributed by atoms with Crippen LogP contribution in [0.25, 0.3) is 0 Å². The number of hydrogen-bond acceptors (Lipinski definition) is 3. The van der Waals surface area contributed by atoms with E-state index in [1.165, 1.54) is 10.5 Å². The molecule has 0 radical (unpaired) electrons. The van der Waals surface area contributed by atoms with Gasteiger partial charge in [-0.1, -0.05) is 30.3 Å². The number of benzene rings is 1. The van der Waals surface area contributed by atoms with Crippen molar-refractivity contribution in [2.75, 3.05) is 26.0 Å². The smallest absolute Gasteiger partial charge is 0.222 e. The van der Waals surface area contributed by atoms with Gasteiger partial charge in [-0.25, -0.2) is 9.97 Å². The van der Waals surface area contributed by atoms with E-state index in [2.05, 4.69) is 53.6 Å². The Morgan fingerprint density at radius 3 is 2.33 bits per heavy atom. The first kappa shape index (κ1) is 12.5. The second-order valence-corrected chi connectivity index (χ2v) is 4.49. The molecule has 0 aliphatic carbocycles. The third-order valence-corrected chi connectivity index (χ3v) is 2.93. The highest BCUT2D eigenvalue weighted by molar-refractivity contribution is 5.25. The Morgan fingerprint density at radius 1 is 1.06 bits per heavy atom. The molecule has 1 heterocycles. The highest BCUT2D eigenvalue weighted by atomic mass is 15.2. The monoisotopic (exact) mass is 243 g/mol. The molecule has 94 valence electrons. The number of nitrogens with zero attached hydrogens (tertiary/aromatic N) is 2. The van der Waals surface area contributed by atoms with E-state index in [0.29, 0.717) is 12.0 Å². The number of anilines is 1. The predicted molar refractivity (Wildman–Crippen MR) is 72.5 cm³/mol. The first-order valence-electron chi connectivity index (χ1n) is 6.13. The van der Waals surface area contributed by atoms with Gasteiger partial charge in [0, 0.05) is 18.0 Å². The normalized spacial score (nSPS) is 12.4. The molecule has 0 amide bonds. The summed E-state index contributed by atoms with van der Waals surface area (Å²) in [6.45, 7) is 0.816. The molecule has 0 aliphatic heterocycles. The lowest BCUT2D eigenvalue weighted by molar-refractivity contribution is -0.890. The molecular weight excluding hydrogens is 224 g/mol. The van der Waals surface area contributed by atoms with Gasteiger partial charge in [0.2, 0.25) is 5.95 Å². The SMILES string of the molecule is C[NH+](C)[C@H](CNc1ncccn1)c1ccccc1. The van der Waals surface area contributed by atoms with Crippen molar-refractivity contribution in [1.29, 1.82) is 0 Å². The zero-order chi connectivity index (χ0) is 12.8. The number of nitrogens with one attached hydrogen (secondary N) is 2. The Labute approximate surface area is 108 Å². The minimum atomic E-state index is 0.384. The second-order valence-electron chi connectivity index (χ2n) is 4.49. The van der Waals surface area contributed by atoms with Crippen LogP contribution in [0.15, 0.2) is 48.8 Å². The molecule has 0 saturated heterocycles. The van der Waals surface area contributed by atoms with Gasteiger partial charge in [0.1, 0.15) is 6.04 Å². The summed E-state index contributed by atoms with van der Waals surface area (Å²) in [7, 11) is 4.32. The molecule has 0 spiro atoms. The summed E-state index contributed by atoms with van der Waals surface area (Å²) in [5, 5.41) is 3.28.